The molecule has 25 heavy (non-hydrogen) atoms. The first-order valence-electron chi connectivity index (χ1n) is 8.80. The highest BCUT2D eigenvalue weighted by Crippen LogP contribution is 2.22. The van der Waals surface area contributed by atoms with Gasteiger partial charge in [-0.3, -0.25) is 9.59 Å². The Hall–Kier alpha value is -2.62. The van der Waals surface area contributed by atoms with Crippen molar-refractivity contribution in [2.75, 3.05) is 19.7 Å². The molecule has 4 nitrogen and oxygen atoms in total. The predicted molar refractivity (Wildman–Crippen MR) is 97.1 cm³/mol. The van der Waals surface area contributed by atoms with E-state index >= 15 is 0 Å². The number of hydrogen-bond donors (Lipinski definition) is 0. The number of likely N-dealkylation sites (tertiary alicyclic amines) is 1. The van der Waals surface area contributed by atoms with Crippen molar-refractivity contribution in [1.82, 2.24) is 4.90 Å². The maximum absolute atomic E-state index is 12.7. The molecule has 1 amide bonds. The van der Waals surface area contributed by atoms with Crippen LogP contribution in [0.25, 0.3) is 11.1 Å². The smallest absolute Gasteiger partial charge is 0.309 e. The molecule has 1 saturated heterocycles. The summed E-state index contributed by atoms with van der Waals surface area (Å²) in [6, 6.07) is 17.8. The molecule has 1 aliphatic rings. The van der Waals surface area contributed by atoms with Crippen molar-refractivity contribution in [3.63, 3.8) is 0 Å². The number of benzene rings is 2. The fourth-order valence-electron chi connectivity index (χ4n) is 3.20. The molecule has 2 aromatic rings. The molecule has 0 spiro atoms. The molecule has 0 bridgehead atoms. The Morgan fingerprint density at radius 1 is 0.960 bits per heavy atom. The first-order chi connectivity index (χ1) is 12.2. The highest BCUT2D eigenvalue weighted by atomic mass is 16.5. The average molecular weight is 337 g/mol. The third-order valence-electron chi connectivity index (χ3n) is 4.64. The molecule has 0 radical (unpaired) electrons. The van der Waals surface area contributed by atoms with Crippen molar-refractivity contribution in [2.45, 2.75) is 19.8 Å². The molecule has 1 heterocycles. The van der Waals surface area contributed by atoms with Gasteiger partial charge in [0.1, 0.15) is 0 Å². The number of esters is 1. The molecule has 0 aromatic heterocycles. The summed E-state index contributed by atoms with van der Waals surface area (Å²) < 4.78 is 5.07. The lowest BCUT2D eigenvalue weighted by Crippen LogP contribution is -2.40. The fourth-order valence-corrected chi connectivity index (χ4v) is 3.20. The molecule has 1 fully saturated rings. The van der Waals surface area contributed by atoms with E-state index in [1.54, 1.807) is 0 Å². The van der Waals surface area contributed by atoms with Gasteiger partial charge in [0.05, 0.1) is 12.5 Å². The van der Waals surface area contributed by atoms with Crippen molar-refractivity contribution in [3.05, 3.63) is 60.2 Å². The Kier molecular flexibility index (Phi) is 5.49. The van der Waals surface area contributed by atoms with Crippen molar-refractivity contribution < 1.29 is 14.3 Å². The van der Waals surface area contributed by atoms with Gasteiger partial charge >= 0.3 is 5.97 Å². The standard InChI is InChI=1S/C21H23NO3/c1-2-25-21(24)19-12-14-22(15-13-19)20(23)18-10-8-17(9-11-18)16-6-4-3-5-7-16/h3-11,19H,2,12-15H2,1H3. The number of nitrogens with zero attached hydrogens (tertiary/aromatic N) is 1. The molecule has 130 valence electrons. The van der Waals surface area contributed by atoms with E-state index in [-0.39, 0.29) is 17.8 Å². The lowest BCUT2D eigenvalue weighted by atomic mass is 9.96. The van der Waals surface area contributed by atoms with Crippen LogP contribution >= 0.6 is 0 Å². The molecule has 0 saturated carbocycles. The van der Waals surface area contributed by atoms with E-state index in [4.69, 9.17) is 4.74 Å². The van der Waals surface area contributed by atoms with Crippen molar-refractivity contribution in [2.24, 2.45) is 5.92 Å². The molecule has 0 N–H and O–H groups in total. The first kappa shape index (κ1) is 17.2. The fraction of sp³-hybridized carbons (Fsp3) is 0.333. The molecule has 1 aliphatic heterocycles. The second-order valence-corrected chi connectivity index (χ2v) is 6.26. The highest BCUT2D eigenvalue weighted by molar-refractivity contribution is 5.95. The summed E-state index contributed by atoms with van der Waals surface area (Å²) in [5.41, 5.74) is 2.92. The number of rotatable bonds is 4. The molecular weight excluding hydrogens is 314 g/mol. The minimum Gasteiger partial charge on any atom is -0.466 e. The predicted octanol–water partition coefficient (Wildman–Crippen LogP) is 3.77. The lowest BCUT2D eigenvalue weighted by molar-refractivity contribution is -0.149. The van der Waals surface area contributed by atoms with E-state index < -0.39 is 0 Å². The van der Waals surface area contributed by atoms with Crippen LogP contribution in [0.5, 0.6) is 0 Å². The summed E-state index contributed by atoms with van der Waals surface area (Å²) >= 11 is 0. The Morgan fingerprint density at radius 2 is 1.56 bits per heavy atom. The second kappa shape index (κ2) is 7.97. The van der Waals surface area contributed by atoms with Gasteiger partial charge in [-0.05, 0) is 43.0 Å². The van der Waals surface area contributed by atoms with Gasteiger partial charge in [0.2, 0.25) is 0 Å². The molecule has 0 unspecified atom stereocenters. The van der Waals surface area contributed by atoms with Crippen molar-refractivity contribution >= 4 is 11.9 Å². The van der Waals surface area contributed by atoms with E-state index in [1.165, 1.54) is 0 Å². The minimum absolute atomic E-state index is 0.0296. The average Bonchev–Trinajstić information content (AvgIpc) is 2.68. The van der Waals surface area contributed by atoms with Crippen LogP contribution in [0, 0.1) is 5.92 Å². The molecular formula is C21H23NO3. The summed E-state index contributed by atoms with van der Waals surface area (Å²) in [5, 5.41) is 0. The van der Waals surface area contributed by atoms with Crippen LogP contribution in [0.3, 0.4) is 0 Å². The normalized spacial score (nSPS) is 15.0. The van der Waals surface area contributed by atoms with Gasteiger partial charge in [0.15, 0.2) is 0 Å². The summed E-state index contributed by atoms with van der Waals surface area (Å²) in [6.45, 7) is 3.42. The number of ether oxygens (including phenoxy) is 1. The van der Waals surface area contributed by atoms with Crippen LogP contribution in [0.2, 0.25) is 0 Å². The zero-order valence-corrected chi connectivity index (χ0v) is 14.5. The first-order valence-corrected chi connectivity index (χ1v) is 8.80. The van der Waals surface area contributed by atoms with E-state index in [0.717, 1.165) is 11.1 Å². The lowest BCUT2D eigenvalue weighted by Gasteiger charge is -2.31. The number of hydrogen-bond acceptors (Lipinski definition) is 3. The van der Waals surface area contributed by atoms with Gasteiger partial charge < -0.3 is 9.64 Å². The van der Waals surface area contributed by atoms with Crippen molar-refractivity contribution in [1.29, 1.82) is 0 Å². The Labute approximate surface area is 148 Å². The van der Waals surface area contributed by atoms with Crippen LogP contribution in [-0.2, 0) is 9.53 Å². The maximum atomic E-state index is 12.7. The number of carbonyl (C=O) groups excluding carboxylic acids is 2. The van der Waals surface area contributed by atoms with Crippen LogP contribution in [0.4, 0.5) is 0 Å². The molecule has 3 rings (SSSR count). The molecule has 0 atom stereocenters. The third kappa shape index (κ3) is 4.08. The van der Waals surface area contributed by atoms with Gasteiger partial charge in [-0.2, -0.15) is 0 Å². The van der Waals surface area contributed by atoms with Gasteiger partial charge in [-0.15, -0.1) is 0 Å². The maximum Gasteiger partial charge on any atom is 0.309 e. The third-order valence-corrected chi connectivity index (χ3v) is 4.64. The molecule has 0 aliphatic carbocycles. The second-order valence-electron chi connectivity index (χ2n) is 6.26. The number of amides is 1. The van der Waals surface area contributed by atoms with Crippen LogP contribution < -0.4 is 0 Å². The van der Waals surface area contributed by atoms with Crippen LogP contribution in [0.1, 0.15) is 30.1 Å². The summed E-state index contributed by atoms with van der Waals surface area (Å²) in [4.78, 5) is 26.3. The van der Waals surface area contributed by atoms with Gasteiger partial charge in [-0.25, -0.2) is 0 Å². The quantitative estimate of drug-likeness (QED) is 0.798. The van der Waals surface area contributed by atoms with E-state index in [9.17, 15) is 9.59 Å². The van der Waals surface area contributed by atoms with Gasteiger partial charge in [0.25, 0.3) is 5.91 Å². The highest BCUT2D eigenvalue weighted by Gasteiger charge is 2.28. The largest absolute Gasteiger partial charge is 0.466 e. The Balaban J connectivity index is 1.61. The Bertz CT molecular complexity index is 717. The SMILES string of the molecule is CCOC(=O)C1CCN(C(=O)c2ccc(-c3ccccc3)cc2)CC1. The number of piperidine rings is 1. The zero-order valence-electron chi connectivity index (χ0n) is 14.5. The van der Waals surface area contributed by atoms with Crippen molar-refractivity contribution in [3.8, 4) is 11.1 Å². The zero-order chi connectivity index (χ0) is 17.6. The van der Waals surface area contributed by atoms with Crippen LogP contribution in [-0.4, -0.2) is 36.5 Å². The van der Waals surface area contributed by atoms with E-state index in [2.05, 4.69) is 12.1 Å². The number of carbonyl (C=O) groups is 2. The van der Waals surface area contributed by atoms with Gasteiger partial charge in [-0.1, -0.05) is 42.5 Å². The molecule has 4 heteroatoms. The summed E-state index contributed by atoms with van der Waals surface area (Å²) in [6.07, 6.45) is 1.35. The Morgan fingerprint density at radius 3 is 2.16 bits per heavy atom. The minimum atomic E-state index is -0.137. The molecule has 2 aromatic carbocycles. The van der Waals surface area contributed by atoms with E-state index in [1.807, 2.05) is 54.3 Å². The van der Waals surface area contributed by atoms with Crippen LogP contribution in [0.15, 0.2) is 54.6 Å². The monoisotopic (exact) mass is 337 g/mol. The van der Waals surface area contributed by atoms with Gasteiger partial charge in [0, 0.05) is 18.7 Å². The van der Waals surface area contributed by atoms with E-state index in [0.29, 0.717) is 38.1 Å². The summed E-state index contributed by atoms with van der Waals surface area (Å²) in [5.74, 6) is -0.187. The summed E-state index contributed by atoms with van der Waals surface area (Å²) in [7, 11) is 0. The topological polar surface area (TPSA) is 46.6 Å².